The van der Waals surface area contributed by atoms with Crippen molar-refractivity contribution in [2.75, 3.05) is 28.8 Å². The Morgan fingerprint density at radius 1 is 0.881 bits per heavy atom. The number of allylic oxidation sites excluding steroid dienone is 2. The fraction of sp³-hybridized carbons (Fsp3) is 0.286. The number of carbonyl (C=O) groups is 4. The van der Waals surface area contributed by atoms with E-state index >= 15 is 0 Å². The van der Waals surface area contributed by atoms with Crippen molar-refractivity contribution in [3.05, 3.63) is 133 Å². The quantitative estimate of drug-likeness (QED) is 0.0785. The average Bonchev–Trinajstić information content (AvgIpc) is 3.57. The number of hydrogen-bond donors (Lipinski definition) is 1. The molecule has 59 heavy (non-hydrogen) atoms. The third-order valence-electron chi connectivity index (χ3n) is 12.2. The van der Waals surface area contributed by atoms with Crippen molar-refractivity contribution in [2.24, 2.45) is 29.1 Å². The van der Waals surface area contributed by atoms with E-state index in [1.807, 2.05) is 30.3 Å². The zero-order valence-corrected chi connectivity index (χ0v) is 32.5. The van der Waals surface area contributed by atoms with Gasteiger partial charge in [0.2, 0.25) is 23.6 Å². The van der Waals surface area contributed by atoms with Crippen LogP contribution in [-0.2, 0) is 25.8 Å². The molecule has 8 rings (SSSR count). The summed E-state index contributed by atoms with van der Waals surface area (Å²) in [5.74, 6) is -8.74. The molecule has 4 aromatic rings. The Bertz CT molecular complexity index is 2510. The number of phenolic OH excluding ortho intramolecular Hbond substituents is 1. The van der Waals surface area contributed by atoms with Crippen molar-refractivity contribution in [1.29, 1.82) is 0 Å². The number of benzene rings is 4. The lowest BCUT2D eigenvalue weighted by atomic mass is 9.51. The number of ether oxygens (including phenoxy) is 1. The van der Waals surface area contributed by atoms with Gasteiger partial charge in [-0.25, -0.2) is 14.2 Å². The molecule has 0 radical (unpaired) electrons. The molecule has 2 heterocycles. The predicted octanol–water partition coefficient (Wildman–Crippen LogP) is 7.08. The highest BCUT2D eigenvalue weighted by molar-refractivity contribution is 6.32. The molecule has 15 nitrogen and oxygen atoms in total. The summed E-state index contributed by atoms with van der Waals surface area (Å²) in [6.45, 7) is 1.80. The van der Waals surface area contributed by atoms with Gasteiger partial charge in [-0.15, -0.1) is 0 Å². The van der Waals surface area contributed by atoms with Crippen LogP contribution in [0, 0.1) is 55.1 Å². The number of nitro benzene ring substituents is 2. The van der Waals surface area contributed by atoms with E-state index in [1.165, 1.54) is 31.1 Å². The SMILES string of the molecule is CN(C)c1c([N+](=O)[O-])cc(N2C(=O)[C@H]3[C@H](CC=C4[C@H]3C[C@H]3C(=O)N(c5ccc(F)c(Cl)c5)C(=O)[C@@]3(C)[C@H]4c3ccc(OCc4ccccc4)cc3O)C2=O)cc1[N+](=O)[O-]. The second-order valence-corrected chi connectivity index (χ2v) is 15.9. The molecule has 0 aromatic heterocycles. The number of nitrogens with zero attached hydrogens (tertiary/aromatic N) is 5. The van der Waals surface area contributed by atoms with Crippen LogP contribution in [0.4, 0.5) is 32.8 Å². The topological polar surface area (TPSA) is 194 Å². The first-order chi connectivity index (χ1) is 28.0. The Balaban J connectivity index is 1.23. The molecular formula is C42H35ClFN5O10. The van der Waals surface area contributed by atoms with Crippen LogP contribution < -0.4 is 19.4 Å². The van der Waals surface area contributed by atoms with Crippen LogP contribution in [0.15, 0.2) is 90.5 Å². The molecule has 17 heteroatoms. The summed E-state index contributed by atoms with van der Waals surface area (Å²) in [5, 5.41) is 35.8. The maximum atomic E-state index is 14.8. The minimum absolute atomic E-state index is 0.0205. The Morgan fingerprint density at radius 3 is 2.17 bits per heavy atom. The van der Waals surface area contributed by atoms with Crippen LogP contribution in [0.5, 0.6) is 11.5 Å². The molecule has 4 aromatic carbocycles. The summed E-state index contributed by atoms with van der Waals surface area (Å²) in [6.07, 6.45) is 1.62. The maximum Gasteiger partial charge on any atom is 0.301 e. The lowest BCUT2D eigenvalue weighted by Gasteiger charge is -2.49. The highest BCUT2D eigenvalue weighted by Gasteiger charge is 2.68. The third kappa shape index (κ3) is 6.08. The van der Waals surface area contributed by atoms with Gasteiger partial charge >= 0.3 is 11.4 Å². The smallest absolute Gasteiger partial charge is 0.301 e. The fourth-order valence-corrected chi connectivity index (χ4v) is 9.71. The van der Waals surface area contributed by atoms with Crippen LogP contribution in [0.1, 0.15) is 36.8 Å². The molecule has 4 aliphatic rings. The average molecular weight is 824 g/mol. The van der Waals surface area contributed by atoms with Crippen LogP contribution in [0.25, 0.3) is 0 Å². The number of aromatic hydroxyl groups is 1. The molecule has 0 bridgehead atoms. The van der Waals surface area contributed by atoms with Gasteiger partial charge in [0.15, 0.2) is 5.69 Å². The van der Waals surface area contributed by atoms with E-state index in [1.54, 1.807) is 25.1 Å². The Labute approximate surface area is 340 Å². The molecular weight excluding hydrogens is 789 g/mol. The second kappa shape index (κ2) is 14.3. The van der Waals surface area contributed by atoms with E-state index in [0.29, 0.717) is 11.3 Å². The van der Waals surface area contributed by atoms with Gasteiger partial charge in [-0.2, -0.15) is 0 Å². The van der Waals surface area contributed by atoms with Crippen LogP contribution >= 0.6 is 11.6 Å². The van der Waals surface area contributed by atoms with E-state index < -0.39 is 85.7 Å². The summed E-state index contributed by atoms with van der Waals surface area (Å²) in [5.41, 5.74) is -1.98. The van der Waals surface area contributed by atoms with Gasteiger partial charge < -0.3 is 14.7 Å². The van der Waals surface area contributed by atoms with Gasteiger partial charge in [-0.3, -0.25) is 39.4 Å². The molecule has 3 fully saturated rings. The number of imide groups is 2. The first-order valence-electron chi connectivity index (χ1n) is 18.6. The highest BCUT2D eigenvalue weighted by atomic mass is 35.5. The molecule has 0 unspecified atom stereocenters. The number of phenols is 1. The Kier molecular flexibility index (Phi) is 9.49. The van der Waals surface area contributed by atoms with E-state index in [-0.39, 0.29) is 52.8 Å². The zero-order chi connectivity index (χ0) is 42.2. The summed E-state index contributed by atoms with van der Waals surface area (Å²) in [4.78, 5) is 83.8. The van der Waals surface area contributed by atoms with Gasteiger partial charge in [0, 0.05) is 43.8 Å². The number of hydrogen-bond acceptors (Lipinski definition) is 11. The van der Waals surface area contributed by atoms with Gasteiger partial charge in [0.25, 0.3) is 0 Å². The molecule has 4 amide bonds. The molecule has 2 aliphatic heterocycles. The summed E-state index contributed by atoms with van der Waals surface area (Å²) < 4.78 is 20.2. The molecule has 0 spiro atoms. The van der Waals surface area contributed by atoms with E-state index in [2.05, 4.69) is 0 Å². The summed E-state index contributed by atoms with van der Waals surface area (Å²) in [6, 6.07) is 19.3. The van der Waals surface area contributed by atoms with Crippen molar-refractivity contribution in [1.82, 2.24) is 0 Å². The van der Waals surface area contributed by atoms with E-state index in [9.17, 15) is 48.9 Å². The lowest BCUT2D eigenvalue weighted by molar-refractivity contribution is -0.392. The molecule has 2 saturated heterocycles. The molecule has 2 aliphatic carbocycles. The van der Waals surface area contributed by atoms with Gasteiger partial charge in [-0.05, 0) is 55.5 Å². The van der Waals surface area contributed by atoms with Crippen LogP contribution in [0.3, 0.4) is 0 Å². The molecule has 6 atom stereocenters. The number of fused-ring (bicyclic) bond motifs is 4. The second-order valence-electron chi connectivity index (χ2n) is 15.5. The fourth-order valence-electron chi connectivity index (χ4n) is 9.54. The molecule has 302 valence electrons. The standard InChI is InChI=1S/C42H35ClFN5O10/c1-42-29(39(52)47(41(42)54)22-9-14-31(44)30(43)15-22)19-28-25(36(42)26-11-10-24(18-34(26)50)59-20-21-7-5-4-6-8-21)12-13-27-35(28)40(53)46(38(27)51)23-16-32(48(55)56)37(45(2)3)33(17-23)49(57)58/h4-12,14-18,27-29,35-36,50H,13,19-20H2,1-3H3/t27-,28+,29-,35-,36+,42+/m0/s1. The van der Waals surface area contributed by atoms with Crippen LogP contribution in [-0.4, -0.2) is 52.7 Å². The summed E-state index contributed by atoms with van der Waals surface area (Å²) in [7, 11) is 2.78. The largest absolute Gasteiger partial charge is 0.508 e. The summed E-state index contributed by atoms with van der Waals surface area (Å²) >= 11 is 6.10. The number of halogens is 2. The van der Waals surface area contributed by atoms with Crippen molar-refractivity contribution in [2.45, 2.75) is 32.3 Å². The van der Waals surface area contributed by atoms with Crippen molar-refractivity contribution in [3.8, 4) is 11.5 Å². The lowest BCUT2D eigenvalue weighted by Crippen LogP contribution is -2.48. The minimum atomic E-state index is -1.58. The van der Waals surface area contributed by atoms with Crippen molar-refractivity contribution >= 4 is 63.7 Å². The number of anilines is 3. The molecule has 1 N–H and O–H groups in total. The van der Waals surface area contributed by atoms with E-state index in [0.717, 1.165) is 39.6 Å². The third-order valence-corrected chi connectivity index (χ3v) is 12.4. The van der Waals surface area contributed by atoms with Crippen molar-refractivity contribution < 1.29 is 43.3 Å². The normalized spacial score (nSPS) is 24.7. The monoisotopic (exact) mass is 823 g/mol. The van der Waals surface area contributed by atoms with E-state index in [4.69, 9.17) is 16.3 Å². The molecule has 1 saturated carbocycles. The minimum Gasteiger partial charge on any atom is -0.508 e. The first-order valence-corrected chi connectivity index (χ1v) is 19.0. The Morgan fingerprint density at radius 2 is 1.56 bits per heavy atom. The number of amides is 4. The Hall–Kier alpha value is -6.68. The van der Waals surface area contributed by atoms with Gasteiger partial charge in [0.1, 0.15) is 23.9 Å². The number of rotatable bonds is 9. The number of carbonyl (C=O) groups excluding carboxylic acids is 4. The van der Waals surface area contributed by atoms with Gasteiger partial charge in [-0.1, -0.05) is 59.6 Å². The maximum absolute atomic E-state index is 14.8. The number of nitro groups is 2. The van der Waals surface area contributed by atoms with Crippen molar-refractivity contribution in [3.63, 3.8) is 0 Å². The first kappa shape index (κ1) is 39.2. The highest BCUT2D eigenvalue weighted by Crippen LogP contribution is 2.65. The zero-order valence-electron chi connectivity index (χ0n) is 31.7. The van der Waals surface area contributed by atoms with Gasteiger partial charge in [0.05, 0.1) is 49.4 Å². The van der Waals surface area contributed by atoms with Crippen LogP contribution in [0.2, 0.25) is 5.02 Å². The predicted molar refractivity (Wildman–Crippen MR) is 211 cm³/mol.